The van der Waals surface area contributed by atoms with E-state index in [1.54, 1.807) is 5.57 Å². The van der Waals surface area contributed by atoms with E-state index in [0.717, 1.165) is 6.42 Å². The molecule has 0 aromatic heterocycles. The van der Waals surface area contributed by atoms with Gasteiger partial charge in [0.15, 0.2) is 0 Å². The van der Waals surface area contributed by atoms with Crippen molar-refractivity contribution in [3.05, 3.63) is 64.7 Å². The number of hydrogen-bond donors (Lipinski definition) is 0. The monoisotopic (exact) mass is 372 g/mol. The van der Waals surface area contributed by atoms with Crippen molar-refractivity contribution in [1.82, 2.24) is 0 Å². The van der Waals surface area contributed by atoms with Crippen LogP contribution in [0, 0.1) is 5.41 Å². The van der Waals surface area contributed by atoms with Gasteiger partial charge in [-0.15, -0.1) is 0 Å². The first-order valence-corrected chi connectivity index (χ1v) is 11.3. The van der Waals surface area contributed by atoms with Crippen molar-refractivity contribution >= 4 is 6.08 Å². The molecular formula is C28H36. The van der Waals surface area contributed by atoms with Crippen molar-refractivity contribution in [2.24, 2.45) is 5.41 Å². The van der Waals surface area contributed by atoms with Crippen LogP contribution in [0.4, 0.5) is 0 Å². The maximum Gasteiger partial charge on any atom is -0.00574 e. The highest BCUT2D eigenvalue weighted by molar-refractivity contribution is 5.82. The minimum absolute atomic E-state index is 0.152. The third-order valence-corrected chi connectivity index (χ3v) is 7.03. The number of fused-ring (bicyclic) bond motifs is 1. The van der Waals surface area contributed by atoms with Crippen LogP contribution in [0.3, 0.4) is 0 Å². The van der Waals surface area contributed by atoms with Crippen molar-refractivity contribution in [1.29, 1.82) is 0 Å². The molecule has 0 aliphatic heterocycles. The lowest BCUT2D eigenvalue weighted by Gasteiger charge is -2.29. The number of allylic oxidation sites excluding steroid dienone is 1. The Hall–Kier alpha value is -1.82. The molecule has 2 aromatic carbocycles. The fourth-order valence-electron chi connectivity index (χ4n) is 5.81. The van der Waals surface area contributed by atoms with Crippen LogP contribution in [-0.2, 0) is 11.8 Å². The van der Waals surface area contributed by atoms with Gasteiger partial charge in [-0.2, -0.15) is 0 Å². The lowest BCUT2D eigenvalue weighted by molar-refractivity contribution is 0.265. The molecule has 0 spiro atoms. The molecule has 2 aliphatic carbocycles. The topological polar surface area (TPSA) is 0 Å². The molecule has 0 unspecified atom stereocenters. The van der Waals surface area contributed by atoms with Gasteiger partial charge in [-0.25, -0.2) is 0 Å². The summed E-state index contributed by atoms with van der Waals surface area (Å²) in [6.45, 7) is 9.33. The zero-order chi connectivity index (χ0) is 19.8. The summed E-state index contributed by atoms with van der Waals surface area (Å²) >= 11 is 0. The van der Waals surface area contributed by atoms with Gasteiger partial charge in [0.25, 0.3) is 0 Å². The second-order valence-electron chi connectivity index (χ2n) is 10.3. The van der Waals surface area contributed by atoms with Crippen LogP contribution in [0.5, 0.6) is 0 Å². The molecule has 0 bridgehead atoms. The number of rotatable bonds is 5. The van der Waals surface area contributed by atoms with Gasteiger partial charge in [-0.3, -0.25) is 0 Å². The number of benzene rings is 2. The third kappa shape index (κ3) is 3.71. The minimum Gasteiger partial charge on any atom is -0.0654 e. The molecule has 28 heavy (non-hydrogen) atoms. The molecule has 1 fully saturated rings. The average molecular weight is 373 g/mol. The van der Waals surface area contributed by atoms with Gasteiger partial charge in [0.05, 0.1) is 0 Å². The van der Waals surface area contributed by atoms with E-state index >= 15 is 0 Å². The third-order valence-electron chi connectivity index (χ3n) is 7.03. The van der Waals surface area contributed by atoms with Crippen molar-refractivity contribution in [3.8, 4) is 11.1 Å². The Labute approximate surface area is 172 Å². The van der Waals surface area contributed by atoms with Gasteiger partial charge in [0.1, 0.15) is 0 Å². The summed E-state index contributed by atoms with van der Waals surface area (Å²) in [4.78, 5) is 0. The molecule has 0 heteroatoms. The quantitative estimate of drug-likeness (QED) is 0.494. The molecule has 4 rings (SSSR count). The van der Waals surface area contributed by atoms with E-state index in [0.29, 0.717) is 5.41 Å². The summed E-state index contributed by atoms with van der Waals surface area (Å²) in [5.41, 5.74) is 9.71. The van der Waals surface area contributed by atoms with Crippen LogP contribution >= 0.6 is 0 Å². The molecule has 0 saturated heterocycles. The highest BCUT2D eigenvalue weighted by Gasteiger charge is 2.34. The molecule has 0 amide bonds. The van der Waals surface area contributed by atoms with Crippen LogP contribution in [0.2, 0.25) is 0 Å². The van der Waals surface area contributed by atoms with Crippen molar-refractivity contribution in [2.75, 3.05) is 0 Å². The Balaban J connectivity index is 1.71. The van der Waals surface area contributed by atoms with Gasteiger partial charge in [-0.1, -0.05) is 101 Å². The van der Waals surface area contributed by atoms with Crippen LogP contribution in [0.1, 0.15) is 89.3 Å². The molecule has 0 radical (unpaired) electrons. The van der Waals surface area contributed by atoms with E-state index in [2.05, 4.69) is 76.2 Å². The van der Waals surface area contributed by atoms with Gasteiger partial charge < -0.3 is 0 Å². The van der Waals surface area contributed by atoms with E-state index in [1.807, 2.05) is 0 Å². The van der Waals surface area contributed by atoms with E-state index in [1.165, 1.54) is 72.8 Å². The first-order valence-electron chi connectivity index (χ1n) is 11.3. The van der Waals surface area contributed by atoms with Crippen molar-refractivity contribution in [2.45, 2.75) is 84.5 Å². The van der Waals surface area contributed by atoms with Crippen LogP contribution in [0.25, 0.3) is 17.2 Å². The summed E-state index contributed by atoms with van der Waals surface area (Å²) in [7, 11) is 0. The highest BCUT2D eigenvalue weighted by Crippen LogP contribution is 2.49. The van der Waals surface area contributed by atoms with E-state index in [9.17, 15) is 0 Å². The smallest absolute Gasteiger partial charge is 0.00574 e. The van der Waals surface area contributed by atoms with Crippen LogP contribution < -0.4 is 0 Å². The van der Waals surface area contributed by atoms with E-state index in [-0.39, 0.29) is 5.41 Å². The molecule has 0 atom stereocenters. The normalized spacial score (nSPS) is 18.2. The van der Waals surface area contributed by atoms with E-state index < -0.39 is 0 Å². The fraction of sp³-hybridized carbons (Fsp3) is 0.500. The molecule has 1 saturated carbocycles. The van der Waals surface area contributed by atoms with Gasteiger partial charge in [0.2, 0.25) is 0 Å². The molecule has 0 nitrogen and oxygen atoms in total. The predicted molar refractivity (Wildman–Crippen MR) is 123 cm³/mol. The maximum absolute atomic E-state index is 2.56. The average Bonchev–Trinajstić information content (AvgIpc) is 3.27. The largest absolute Gasteiger partial charge is 0.0654 e. The standard InChI is InChI=1S/C28H36/c1-5-15-28(16-8-9-17-28)20-21-18-22-11-10-13-23(25(22)19-21)24-12-6-7-14-26(24)27(2,3)4/h6-7,10-14,19H,5,8-9,15-18,20H2,1-4H3. The van der Waals surface area contributed by atoms with Crippen LogP contribution in [0.15, 0.2) is 48.0 Å². The van der Waals surface area contributed by atoms with Crippen molar-refractivity contribution < 1.29 is 0 Å². The summed E-state index contributed by atoms with van der Waals surface area (Å²) < 4.78 is 0. The predicted octanol–water partition coefficient (Wildman–Crippen LogP) is 8.34. The lowest BCUT2D eigenvalue weighted by Crippen LogP contribution is -2.17. The van der Waals surface area contributed by atoms with E-state index in [4.69, 9.17) is 0 Å². The maximum atomic E-state index is 2.56. The number of hydrogen-bond acceptors (Lipinski definition) is 0. The summed E-state index contributed by atoms with van der Waals surface area (Å²) in [5.74, 6) is 0. The Morgan fingerprint density at radius 1 is 0.893 bits per heavy atom. The zero-order valence-corrected chi connectivity index (χ0v) is 18.3. The zero-order valence-electron chi connectivity index (χ0n) is 18.3. The first-order chi connectivity index (χ1) is 13.4. The summed E-state index contributed by atoms with van der Waals surface area (Å²) in [5, 5.41) is 0. The summed E-state index contributed by atoms with van der Waals surface area (Å²) in [6, 6.07) is 16.0. The lowest BCUT2D eigenvalue weighted by atomic mass is 9.76. The Morgan fingerprint density at radius 3 is 2.32 bits per heavy atom. The fourth-order valence-corrected chi connectivity index (χ4v) is 5.81. The Kier molecular flexibility index (Phi) is 5.25. The van der Waals surface area contributed by atoms with Crippen molar-refractivity contribution in [3.63, 3.8) is 0 Å². The molecular weight excluding hydrogens is 336 g/mol. The van der Waals surface area contributed by atoms with Gasteiger partial charge in [0, 0.05) is 0 Å². The summed E-state index contributed by atoms with van der Waals surface area (Å²) in [6.07, 6.45) is 13.5. The second kappa shape index (κ2) is 7.54. The minimum atomic E-state index is 0.152. The Bertz CT molecular complexity index is 869. The molecule has 2 aromatic rings. The second-order valence-corrected chi connectivity index (χ2v) is 10.3. The van der Waals surface area contributed by atoms with Gasteiger partial charge in [-0.05, 0) is 70.8 Å². The highest BCUT2D eigenvalue weighted by atomic mass is 14.4. The SMILES string of the molecule is CCCC1(CC2=Cc3c(cccc3-c3ccccc3C(C)(C)C)C2)CCCC1. The molecule has 148 valence electrons. The van der Waals surface area contributed by atoms with Gasteiger partial charge >= 0.3 is 0 Å². The van der Waals surface area contributed by atoms with Crippen LogP contribution in [-0.4, -0.2) is 0 Å². The first kappa shape index (κ1) is 19.5. The molecule has 2 aliphatic rings. The Morgan fingerprint density at radius 2 is 1.61 bits per heavy atom. The molecule has 0 N–H and O–H groups in total. The molecule has 0 heterocycles.